The van der Waals surface area contributed by atoms with Crippen LogP contribution in [0.15, 0.2) is 35.2 Å². The molecular weight excluding hydrogens is 312 g/mol. The molecule has 0 aromatic heterocycles. The van der Waals surface area contributed by atoms with Gasteiger partial charge in [-0.3, -0.25) is 4.72 Å². The van der Waals surface area contributed by atoms with Crippen LogP contribution in [-0.4, -0.2) is 13.5 Å². The lowest BCUT2D eigenvalue weighted by molar-refractivity contribution is 0.471. The van der Waals surface area contributed by atoms with Gasteiger partial charge in [0.1, 0.15) is 5.75 Å². The summed E-state index contributed by atoms with van der Waals surface area (Å²) >= 11 is 5.96. The summed E-state index contributed by atoms with van der Waals surface area (Å²) in [5.41, 5.74) is 7.58. The first kappa shape index (κ1) is 15.5. The van der Waals surface area contributed by atoms with Crippen molar-refractivity contribution in [2.24, 2.45) is 0 Å². The smallest absolute Gasteiger partial charge is 0.262 e. The Hall–Kier alpha value is -1.92. The number of nitrogen functional groups attached to an aromatic ring is 1. The van der Waals surface area contributed by atoms with Gasteiger partial charge in [-0.25, -0.2) is 8.42 Å². The van der Waals surface area contributed by atoms with Crippen LogP contribution in [0.1, 0.15) is 11.1 Å². The van der Waals surface area contributed by atoms with Gasteiger partial charge < -0.3 is 10.8 Å². The van der Waals surface area contributed by atoms with Gasteiger partial charge in [-0.05, 0) is 43.2 Å². The van der Waals surface area contributed by atoms with Crippen molar-refractivity contribution in [2.75, 3.05) is 10.5 Å². The van der Waals surface area contributed by atoms with E-state index in [9.17, 15) is 13.5 Å². The second-order valence-electron chi connectivity index (χ2n) is 4.73. The van der Waals surface area contributed by atoms with Crippen molar-refractivity contribution in [3.05, 3.63) is 46.5 Å². The molecule has 0 fully saturated rings. The predicted octanol–water partition coefficient (Wildman–Crippen LogP) is 3.05. The molecule has 0 aliphatic rings. The van der Waals surface area contributed by atoms with Crippen molar-refractivity contribution in [2.45, 2.75) is 18.7 Å². The molecule has 0 spiro atoms. The molecule has 21 heavy (non-hydrogen) atoms. The largest absolute Gasteiger partial charge is 0.508 e. The molecule has 112 valence electrons. The van der Waals surface area contributed by atoms with Gasteiger partial charge in [-0.1, -0.05) is 17.7 Å². The third-order valence-electron chi connectivity index (χ3n) is 3.13. The lowest BCUT2D eigenvalue weighted by Crippen LogP contribution is -2.13. The third-order valence-corrected chi connectivity index (χ3v) is 4.88. The predicted molar refractivity (Wildman–Crippen MR) is 84.3 cm³/mol. The van der Waals surface area contributed by atoms with Crippen LogP contribution in [0.5, 0.6) is 5.75 Å². The second kappa shape index (κ2) is 5.46. The summed E-state index contributed by atoms with van der Waals surface area (Å²) in [5, 5.41) is 9.90. The number of sulfonamides is 1. The van der Waals surface area contributed by atoms with Crippen molar-refractivity contribution in [3.63, 3.8) is 0 Å². The molecule has 2 aromatic carbocycles. The van der Waals surface area contributed by atoms with Crippen LogP contribution in [0.25, 0.3) is 0 Å². The minimum Gasteiger partial charge on any atom is -0.508 e. The van der Waals surface area contributed by atoms with E-state index in [1.807, 2.05) is 0 Å². The van der Waals surface area contributed by atoms with Gasteiger partial charge >= 0.3 is 0 Å². The molecule has 0 heterocycles. The lowest BCUT2D eigenvalue weighted by atomic mass is 10.2. The SMILES string of the molecule is Cc1ccc(NS(=O)(=O)c2cc(N)c(C)c(Cl)c2)cc1O. The Bertz CT molecular complexity index is 781. The Labute approximate surface area is 128 Å². The van der Waals surface area contributed by atoms with Crippen LogP contribution in [0, 0.1) is 13.8 Å². The molecule has 0 amide bonds. The van der Waals surface area contributed by atoms with Gasteiger partial charge in [0.25, 0.3) is 10.0 Å². The van der Waals surface area contributed by atoms with Crippen LogP contribution < -0.4 is 10.5 Å². The Balaban J connectivity index is 2.40. The van der Waals surface area contributed by atoms with Crippen molar-refractivity contribution >= 4 is 33.0 Å². The van der Waals surface area contributed by atoms with Gasteiger partial charge in [0.05, 0.1) is 10.6 Å². The molecule has 0 unspecified atom stereocenters. The van der Waals surface area contributed by atoms with Crippen LogP contribution in [0.4, 0.5) is 11.4 Å². The number of rotatable bonds is 3. The second-order valence-corrected chi connectivity index (χ2v) is 6.82. The monoisotopic (exact) mass is 326 g/mol. The summed E-state index contributed by atoms with van der Waals surface area (Å²) in [6.07, 6.45) is 0. The number of hydrogen-bond acceptors (Lipinski definition) is 4. The first-order chi connectivity index (χ1) is 9.70. The van der Waals surface area contributed by atoms with E-state index in [2.05, 4.69) is 4.72 Å². The molecule has 0 radical (unpaired) electrons. The normalized spacial score (nSPS) is 11.4. The average molecular weight is 327 g/mol. The highest BCUT2D eigenvalue weighted by Gasteiger charge is 2.17. The molecule has 0 atom stereocenters. The molecule has 7 heteroatoms. The molecular formula is C14H15ClN2O3S. The molecule has 2 rings (SSSR count). The Morgan fingerprint density at radius 1 is 1.19 bits per heavy atom. The zero-order valence-corrected chi connectivity index (χ0v) is 13.1. The van der Waals surface area contributed by atoms with Gasteiger partial charge in [-0.2, -0.15) is 0 Å². The number of benzene rings is 2. The number of phenolic OH excluding ortho intramolecular Hbond substituents is 1. The van der Waals surface area contributed by atoms with Crippen LogP contribution >= 0.6 is 11.6 Å². The summed E-state index contributed by atoms with van der Waals surface area (Å²) in [7, 11) is -3.83. The average Bonchev–Trinajstić information content (AvgIpc) is 2.39. The topological polar surface area (TPSA) is 92.4 Å². The summed E-state index contributed by atoms with van der Waals surface area (Å²) in [6, 6.07) is 7.20. The number of nitrogens with two attached hydrogens (primary N) is 1. The molecule has 4 N–H and O–H groups in total. The number of halogens is 1. The standard InChI is InChI=1S/C14H15ClN2O3S/c1-8-3-4-10(5-14(8)18)17-21(19,20)11-6-12(15)9(2)13(16)7-11/h3-7,17-18H,16H2,1-2H3. The van der Waals surface area contributed by atoms with Crippen LogP contribution in [0.2, 0.25) is 5.02 Å². The fourth-order valence-electron chi connectivity index (χ4n) is 1.72. The van der Waals surface area contributed by atoms with Crippen molar-refractivity contribution in [1.82, 2.24) is 0 Å². The van der Waals surface area contributed by atoms with Gasteiger partial charge in [0, 0.05) is 16.8 Å². The Morgan fingerprint density at radius 2 is 1.86 bits per heavy atom. The van der Waals surface area contributed by atoms with Crippen LogP contribution in [-0.2, 0) is 10.0 Å². The third kappa shape index (κ3) is 3.22. The maximum Gasteiger partial charge on any atom is 0.262 e. The molecule has 5 nitrogen and oxygen atoms in total. The Kier molecular flexibility index (Phi) is 4.02. The van der Waals surface area contributed by atoms with Crippen molar-refractivity contribution in [3.8, 4) is 5.75 Å². The van der Waals surface area contributed by atoms with Gasteiger partial charge in [0.15, 0.2) is 0 Å². The number of nitrogens with one attached hydrogen (secondary N) is 1. The zero-order valence-electron chi connectivity index (χ0n) is 11.5. The fraction of sp³-hybridized carbons (Fsp3) is 0.143. The zero-order chi connectivity index (χ0) is 15.8. The van der Waals surface area contributed by atoms with E-state index in [0.717, 1.165) is 0 Å². The number of phenols is 1. The highest BCUT2D eigenvalue weighted by molar-refractivity contribution is 7.92. The number of anilines is 2. The molecule has 0 aliphatic heterocycles. The first-order valence-corrected chi connectivity index (χ1v) is 7.95. The maximum atomic E-state index is 12.3. The van der Waals surface area contributed by atoms with Crippen molar-refractivity contribution in [1.29, 1.82) is 0 Å². The van der Waals surface area contributed by atoms with E-state index in [0.29, 0.717) is 16.8 Å². The number of hydrogen-bond donors (Lipinski definition) is 3. The molecule has 0 bridgehead atoms. The summed E-state index contributed by atoms with van der Waals surface area (Å²) in [5.74, 6) is 0.0108. The summed E-state index contributed by atoms with van der Waals surface area (Å²) < 4.78 is 27.0. The minimum atomic E-state index is -3.83. The molecule has 0 aliphatic carbocycles. The maximum absolute atomic E-state index is 12.3. The van der Waals surface area contributed by atoms with E-state index in [4.69, 9.17) is 17.3 Å². The van der Waals surface area contributed by atoms with Crippen molar-refractivity contribution < 1.29 is 13.5 Å². The summed E-state index contributed by atoms with van der Waals surface area (Å²) in [4.78, 5) is -0.0318. The van der Waals surface area contributed by atoms with Crippen LogP contribution in [0.3, 0.4) is 0 Å². The van der Waals surface area contributed by atoms with E-state index in [-0.39, 0.29) is 21.4 Å². The molecule has 0 saturated carbocycles. The van der Waals surface area contributed by atoms with Gasteiger partial charge in [-0.15, -0.1) is 0 Å². The summed E-state index contributed by atoms with van der Waals surface area (Å²) in [6.45, 7) is 3.42. The Morgan fingerprint density at radius 3 is 2.43 bits per heavy atom. The number of aryl methyl sites for hydroxylation is 1. The van der Waals surface area contributed by atoms with E-state index in [1.54, 1.807) is 26.0 Å². The fourth-order valence-corrected chi connectivity index (χ4v) is 3.12. The number of aromatic hydroxyl groups is 1. The van der Waals surface area contributed by atoms with E-state index < -0.39 is 10.0 Å². The quantitative estimate of drug-likeness (QED) is 0.756. The van der Waals surface area contributed by atoms with E-state index >= 15 is 0 Å². The van der Waals surface area contributed by atoms with Gasteiger partial charge in [0.2, 0.25) is 0 Å². The molecule has 0 saturated heterocycles. The highest BCUT2D eigenvalue weighted by atomic mass is 35.5. The first-order valence-electron chi connectivity index (χ1n) is 6.09. The molecule has 2 aromatic rings. The minimum absolute atomic E-state index is 0.0108. The lowest BCUT2D eigenvalue weighted by Gasteiger charge is -2.11. The highest BCUT2D eigenvalue weighted by Crippen LogP contribution is 2.28. The van der Waals surface area contributed by atoms with E-state index in [1.165, 1.54) is 18.2 Å².